The molecule has 0 unspecified atom stereocenters. The van der Waals surface area contributed by atoms with E-state index in [1.165, 1.54) is 0 Å². The van der Waals surface area contributed by atoms with Crippen LogP contribution in [0.1, 0.15) is 25.0 Å². The maximum Gasteiger partial charge on any atom is 0.303 e. The van der Waals surface area contributed by atoms with Crippen molar-refractivity contribution in [1.29, 1.82) is 0 Å². The van der Waals surface area contributed by atoms with Crippen molar-refractivity contribution in [3.63, 3.8) is 0 Å². The van der Waals surface area contributed by atoms with Gasteiger partial charge in [-0.25, -0.2) is 4.98 Å². The minimum atomic E-state index is -0.689. The minimum absolute atomic E-state index is 0.0406. The van der Waals surface area contributed by atoms with Crippen molar-refractivity contribution in [3.8, 4) is 0 Å². The predicted octanol–water partition coefficient (Wildman–Crippen LogP) is 3.48. The van der Waals surface area contributed by atoms with Crippen LogP contribution >= 0.6 is 23.4 Å². The van der Waals surface area contributed by atoms with Crippen molar-refractivity contribution in [2.24, 2.45) is 5.41 Å². The average Bonchev–Trinajstić information content (AvgIpc) is 2.99. The third kappa shape index (κ3) is 3.10. The molecule has 1 fully saturated rings. The minimum Gasteiger partial charge on any atom is -0.481 e. The summed E-state index contributed by atoms with van der Waals surface area (Å²) in [6, 6.07) is 3.72. The smallest absolute Gasteiger partial charge is 0.303 e. The number of imidazole rings is 1. The first kappa shape index (κ1) is 13.8. The number of aromatic nitrogens is 2. The average molecular weight is 311 g/mol. The Morgan fingerprint density at radius 3 is 2.95 bits per heavy atom. The Balaban J connectivity index is 1.59. The van der Waals surface area contributed by atoms with E-state index < -0.39 is 5.97 Å². The molecule has 20 heavy (non-hydrogen) atoms. The summed E-state index contributed by atoms with van der Waals surface area (Å²) in [5.41, 5.74) is 1.93. The molecule has 0 spiro atoms. The molecule has 0 amide bonds. The van der Waals surface area contributed by atoms with E-state index in [0.29, 0.717) is 11.4 Å². The monoisotopic (exact) mass is 310 g/mol. The van der Waals surface area contributed by atoms with Gasteiger partial charge in [0.25, 0.3) is 0 Å². The van der Waals surface area contributed by atoms with E-state index in [-0.39, 0.29) is 5.41 Å². The van der Waals surface area contributed by atoms with Gasteiger partial charge in [-0.3, -0.25) is 4.79 Å². The van der Waals surface area contributed by atoms with Gasteiger partial charge in [0.2, 0.25) is 0 Å². The van der Waals surface area contributed by atoms with Gasteiger partial charge in [-0.2, -0.15) is 11.8 Å². The Morgan fingerprint density at radius 1 is 1.45 bits per heavy atom. The highest BCUT2D eigenvalue weighted by Gasteiger charge is 2.44. The van der Waals surface area contributed by atoms with E-state index in [2.05, 4.69) is 4.98 Å². The number of rotatable bonds is 6. The third-order valence-corrected chi connectivity index (χ3v) is 5.15. The molecule has 4 nitrogen and oxygen atoms in total. The van der Waals surface area contributed by atoms with Crippen LogP contribution in [0.2, 0.25) is 5.02 Å². The van der Waals surface area contributed by atoms with E-state index in [1.807, 2.05) is 28.9 Å². The van der Waals surface area contributed by atoms with Crippen LogP contribution in [0.4, 0.5) is 0 Å². The predicted molar refractivity (Wildman–Crippen MR) is 80.3 cm³/mol. The van der Waals surface area contributed by atoms with Crippen molar-refractivity contribution in [1.82, 2.24) is 9.38 Å². The van der Waals surface area contributed by atoms with Crippen molar-refractivity contribution in [3.05, 3.63) is 35.2 Å². The van der Waals surface area contributed by atoms with Gasteiger partial charge in [0.15, 0.2) is 0 Å². The van der Waals surface area contributed by atoms with Gasteiger partial charge in [0, 0.05) is 18.1 Å². The van der Waals surface area contributed by atoms with Crippen LogP contribution < -0.4 is 0 Å². The fraction of sp³-hybridized carbons (Fsp3) is 0.429. The molecule has 2 aromatic heterocycles. The highest BCUT2D eigenvalue weighted by atomic mass is 35.5. The summed E-state index contributed by atoms with van der Waals surface area (Å²) in [4.78, 5) is 15.3. The molecule has 2 heterocycles. The zero-order valence-electron chi connectivity index (χ0n) is 10.9. The first-order valence-corrected chi connectivity index (χ1v) is 8.02. The van der Waals surface area contributed by atoms with Crippen LogP contribution in [-0.4, -0.2) is 26.2 Å². The summed E-state index contributed by atoms with van der Waals surface area (Å²) in [7, 11) is 0. The van der Waals surface area contributed by atoms with Gasteiger partial charge < -0.3 is 9.51 Å². The number of pyridine rings is 1. The van der Waals surface area contributed by atoms with Crippen LogP contribution in [0.3, 0.4) is 0 Å². The molecule has 106 valence electrons. The molecule has 2 aromatic rings. The van der Waals surface area contributed by atoms with Crippen LogP contribution in [0.25, 0.3) is 5.65 Å². The molecule has 0 aromatic carbocycles. The van der Waals surface area contributed by atoms with Gasteiger partial charge >= 0.3 is 5.97 Å². The summed E-state index contributed by atoms with van der Waals surface area (Å²) in [5.74, 6) is 1.01. The topological polar surface area (TPSA) is 54.6 Å². The third-order valence-electron chi connectivity index (χ3n) is 3.61. The number of halogens is 1. The van der Waals surface area contributed by atoms with Gasteiger partial charge in [-0.15, -0.1) is 0 Å². The fourth-order valence-electron chi connectivity index (χ4n) is 2.33. The van der Waals surface area contributed by atoms with Crippen molar-refractivity contribution < 1.29 is 9.90 Å². The molecule has 0 aliphatic heterocycles. The molecule has 0 atom stereocenters. The van der Waals surface area contributed by atoms with E-state index in [1.54, 1.807) is 11.8 Å². The quantitative estimate of drug-likeness (QED) is 0.887. The number of thioether (sulfide) groups is 1. The lowest BCUT2D eigenvalue weighted by atomic mass is 10.1. The van der Waals surface area contributed by atoms with Gasteiger partial charge in [-0.1, -0.05) is 11.6 Å². The lowest BCUT2D eigenvalue weighted by Gasteiger charge is -2.10. The highest BCUT2D eigenvalue weighted by Crippen LogP contribution is 2.51. The van der Waals surface area contributed by atoms with Crippen LogP contribution in [-0.2, 0) is 10.5 Å². The largest absolute Gasteiger partial charge is 0.481 e. The molecule has 3 rings (SSSR count). The molecule has 1 N–H and O–H groups in total. The molecule has 1 aliphatic carbocycles. The van der Waals surface area contributed by atoms with Gasteiger partial charge in [0.05, 0.1) is 17.1 Å². The number of carboxylic acids is 1. The van der Waals surface area contributed by atoms with Crippen molar-refractivity contribution >= 4 is 35.0 Å². The number of aliphatic carboxylic acids is 1. The first-order valence-electron chi connectivity index (χ1n) is 6.49. The Labute approximate surface area is 126 Å². The fourth-order valence-corrected chi connectivity index (χ4v) is 3.77. The molecule has 0 radical (unpaired) electrons. The highest BCUT2D eigenvalue weighted by molar-refractivity contribution is 7.98. The second kappa shape index (κ2) is 5.30. The zero-order valence-corrected chi connectivity index (χ0v) is 12.5. The SMILES string of the molecule is O=C(O)CC1(CSCc2cn3cc(Cl)ccc3n2)CC1. The summed E-state index contributed by atoms with van der Waals surface area (Å²) in [6.45, 7) is 0. The van der Waals surface area contributed by atoms with Crippen LogP contribution in [0.5, 0.6) is 0 Å². The molecule has 0 bridgehead atoms. The summed E-state index contributed by atoms with van der Waals surface area (Å²) >= 11 is 7.70. The number of nitrogens with zero attached hydrogens (tertiary/aromatic N) is 2. The van der Waals surface area contributed by atoms with Crippen molar-refractivity contribution in [2.75, 3.05) is 5.75 Å². The van der Waals surface area contributed by atoms with Crippen LogP contribution in [0, 0.1) is 5.41 Å². The number of hydrogen-bond donors (Lipinski definition) is 1. The molecule has 6 heteroatoms. The Bertz CT molecular complexity index is 652. The van der Waals surface area contributed by atoms with E-state index in [9.17, 15) is 4.79 Å². The maximum atomic E-state index is 10.8. The second-order valence-corrected chi connectivity index (χ2v) is 6.83. The summed E-state index contributed by atoms with van der Waals surface area (Å²) < 4.78 is 1.92. The lowest BCUT2D eigenvalue weighted by molar-refractivity contribution is -0.138. The molecule has 1 aliphatic rings. The van der Waals surface area contributed by atoms with Crippen molar-refractivity contribution in [2.45, 2.75) is 25.0 Å². The van der Waals surface area contributed by atoms with Crippen LogP contribution in [0.15, 0.2) is 24.5 Å². The second-order valence-electron chi connectivity index (χ2n) is 5.41. The summed E-state index contributed by atoms with van der Waals surface area (Å²) in [6.07, 6.45) is 6.18. The Hall–Kier alpha value is -1.20. The number of fused-ring (bicyclic) bond motifs is 1. The molecule has 0 saturated heterocycles. The Kier molecular flexibility index (Phi) is 3.65. The molecular weight excluding hydrogens is 296 g/mol. The van der Waals surface area contributed by atoms with E-state index in [0.717, 1.165) is 35.7 Å². The standard InChI is InChI=1S/C14H15ClN2O2S/c15-10-1-2-12-16-11(7-17(12)6-10)8-20-9-14(3-4-14)5-13(18)19/h1-2,6-7H,3-5,8-9H2,(H,18,19). The zero-order chi connectivity index (χ0) is 14.2. The maximum absolute atomic E-state index is 10.8. The Morgan fingerprint density at radius 2 is 2.25 bits per heavy atom. The number of carboxylic acid groups (broad SMARTS) is 1. The lowest BCUT2D eigenvalue weighted by Crippen LogP contribution is -2.11. The summed E-state index contributed by atoms with van der Waals surface area (Å²) in [5, 5.41) is 9.58. The van der Waals surface area contributed by atoms with Gasteiger partial charge in [0.1, 0.15) is 5.65 Å². The van der Waals surface area contributed by atoms with E-state index in [4.69, 9.17) is 16.7 Å². The van der Waals surface area contributed by atoms with Gasteiger partial charge in [-0.05, 0) is 36.1 Å². The molecule has 1 saturated carbocycles. The normalized spacial score (nSPS) is 16.4. The first-order chi connectivity index (χ1) is 9.56. The van der Waals surface area contributed by atoms with E-state index >= 15 is 0 Å². The molecular formula is C14H15ClN2O2S. The number of hydrogen-bond acceptors (Lipinski definition) is 3. The number of carbonyl (C=O) groups is 1.